The molecule has 0 aliphatic rings. The van der Waals surface area contributed by atoms with E-state index >= 15 is 0 Å². The van der Waals surface area contributed by atoms with Gasteiger partial charge in [0, 0.05) is 16.7 Å². The fourth-order valence-electron chi connectivity index (χ4n) is 1.77. The first-order valence-corrected chi connectivity index (χ1v) is 7.80. The van der Waals surface area contributed by atoms with Crippen LogP contribution >= 0.6 is 11.8 Å². The molecule has 1 aromatic rings. The number of aliphatic hydroxyl groups excluding tert-OH is 1. The highest BCUT2D eigenvalue weighted by molar-refractivity contribution is 8.00. The van der Waals surface area contributed by atoms with Crippen molar-refractivity contribution in [1.82, 2.24) is 5.32 Å². The third-order valence-corrected chi connectivity index (χ3v) is 3.98. The highest BCUT2D eigenvalue weighted by Gasteiger charge is 2.34. The second-order valence-corrected chi connectivity index (χ2v) is 6.94. The van der Waals surface area contributed by atoms with Gasteiger partial charge in [-0.05, 0) is 30.2 Å². The summed E-state index contributed by atoms with van der Waals surface area (Å²) in [6.07, 6.45) is -4.38. The Morgan fingerprint density at radius 1 is 1.24 bits per heavy atom. The summed E-state index contributed by atoms with van der Waals surface area (Å²) >= 11 is 1.04. The lowest BCUT2D eigenvalue weighted by molar-refractivity contribution is -0.139. The van der Waals surface area contributed by atoms with Gasteiger partial charge < -0.3 is 10.4 Å². The topological polar surface area (TPSA) is 32.3 Å². The zero-order chi connectivity index (χ0) is 16.0. The number of benzene rings is 1. The Balaban J connectivity index is 2.91. The largest absolute Gasteiger partial charge is 0.417 e. The number of alkyl halides is 3. The minimum absolute atomic E-state index is 0.153. The minimum atomic E-state index is -4.38. The Labute approximate surface area is 128 Å². The maximum absolute atomic E-state index is 13.1. The standard InChI is InChI=1S/C15H22F3NOS/c1-10(2)7-19-8-12-4-5-14(21-11(3)9-20)13(6-12)15(16,17)18/h4-6,10-11,19-20H,7-9H2,1-3H3. The van der Waals surface area contributed by atoms with Crippen LogP contribution in [0.25, 0.3) is 0 Å². The molecule has 0 aromatic heterocycles. The van der Waals surface area contributed by atoms with Gasteiger partial charge >= 0.3 is 6.18 Å². The van der Waals surface area contributed by atoms with Gasteiger partial charge in [-0.3, -0.25) is 0 Å². The number of rotatable bonds is 7. The molecule has 0 aliphatic heterocycles. The smallest absolute Gasteiger partial charge is 0.395 e. The van der Waals surface area contributed by atoms with E-state index < -0.39 is 11.7 Å². The summed E-state index contributed by atoms with van der Waals surface area (Å²) in [6, 6.07) is 4.39. The maximum atomic E-state index is 13.1. The van der Waals surface area contributed by atoms with E-state index in [9.17, 15) is 13.2 Å². The number of halogens is 3. The van der Waals surface area contributed by atoms with E-state index in [0.717, 1.165) is 18.3 Å². The van der Waals surface area contributed by atoms with Crippen molar-refractivity contribution in [3.63, 3.8) is 0 Å². The lowest BCUT2D eigenvalue weighted by atomic mass is 10.1. The van der Waals surface area contributed by atoms with Gasteiger partial charge in [0.1, 0.15) is 0 Å². The molecule has 2 N–H and O–H groups in total. The van der Waals surface area contributed by atoms with Crippen molar-refractivity contribution >= 4 is 11.8 Å². The summed E-state index contributed by atoms with van der Waals surface area (Å²) in [5.74, 6) is 0.451. The van der Waals surface area contributed by atoms with Crippen molar-refractivity contribution in [3.8, 4) is 0 Å². The molecule has 21 heavy (non-hydrogen) atoms. The number of hydrogen-bond donors (Lipinski definition) is 2. The van der Waals surface area contributed by atoms with Crippen molar-refractivity contribution < 1.29 is 18.3 Å². The van der Waals surface area contributed by atoms with Crippen LogP contribution in [0, 0.1) is 5.92 Å². The zero-order valence-corrected chi connectivity index (χ0v) is 13.3. The molecule has 1 aromatic carbocycles. The van der Waals surface area contributed by atoms with Crippen LogP contribution in [0.2, 0.25) is 0 Å². The molecule has 0 spiro atoms. The molecule has 0 saturated carbocycles. The second-order valence-electron chi connectivity index (χ2n) is 5.46. The van der Waals surface area contributed by atoms with Crippen molar-refractivity contribution in [1.29, 1.82) is 0 Å². The first-order chi connectivity index (χ1) is 9.74. The van der Waals surface area contributed by atoms with Gasteiger partial charge in [0.2, 0.25) is 0 Å². The molecule has 0 aliphatic carbocycles. The third kappa shape index (κ3) is 6.28. The summed E-state index contributed by atoms with van der Waals surface area (Å²) in [5.41, 5.74) is -0.0133. The minimum Gasteiger partial charge on any atom is -0.395 e. The van der Waals surface area contributed by atoms with Crippen LogP contribution in [0.1, 0.15) is 31.9 Å². The summed E-state index contributed by atoms with van der Waals surface area (Å²) in [7, 11) is 0. The van der Waals surface area contributed by atoms with Crippen LogP contribution in [-0.4, -0.2) is 23.5 Å². The monoisotopic (exact) mass is 321 g/mol. The molecule has 1 rings (SSSR count). The molecule has 2 nitrogen and oxygen atoms in total. The Hall–Kier alpha value is -0.720. The molecule has 0 fully saturated rings. The fraction of sp³-hybridized carbons (Fsp3) is 0.600. The van der Waals surface area contributed by atoms with Gasteiger partial charge in [0.25, 0.3) is 0 Å². The predicted octanol–water partition coefficient (Wildman–Crippen LogP) is 3.92. The molecule has 6 heteroatoms. The molecule has 0 amide bonds. The maximum Gasteiger partial charge on any atom is 0.417 e. The van der Waals surface area contributed by atoms with Crippen LogP contribution in [0.15, 0.2) is 23.1 Å². The average Bonchev–Trinajstić information content (AvgIpc) is 2.38. The zero-order valence-electron chi connectivity index (χ0n) is 12.5. The summed E-state index contributed by atoms with van der Waals surface area (Å²) < 4.78 is 39.4. The fourth-order valence-corrected chi connectivity index (χ4v) is 2.73. The Morgan fingerprint density at radius 2 is 1.90 bits per heavy atom. The molecule has 1 unspecified atom stereocenters. The van der Waals surface area contributed by atoms with Gasteiger partial charge in [0.05, 0.1) is 12.2 Å². The van der Waals surface area contributed by atoms with Crippen LogP contribution in [0.4, 0.5) is 13.2 Å². The van der Waals surface area contributed by atoms with Crippen molar-refractivity contribution in [3.05, 3.63) is 29.3 Å². The highest BCUT2D eigenvalue weighted by Crippen LogP contribution is 2.38. The summed E-state index contributed by atoms with van der Waals surface area (Å²) in [5, 5.41) is 11.9. The molecule has 0 heterocycles. The van der Waals surface area contributed by atoms with E-state index in [1.54, 1.807) is 13.0 Å². The quantitative estimate of drug-likeness (QED) is 0.747. The van der Waals surface area contributed by atoms with E-state index in [0.29, 0.717) is 18.0 Å². The molecule has 0 bridgehead atoms. The summed E-state index contributed by atoms with van der Waals surface area (Å²) in [6.45, 7) is 6.82. The molecule has 120 valence electrons. The van der Waals surface area contributed by atoms with Gasteiger partial charge in [-0.2, -0.15) is 13.2 Å². The Kier molecular flexibility index (Phi) is 7.03. The highest BCUT2D eigenvalue weighted by atomic mass is 32.2. The van der Waals surface area contributed by atoms with Gasteiger partial charge in [0.15, 0.2) is 0 Å². The number of nitrogens with one attached hydrogen (secondary N) is 1. The van der Waals surface area contributed by atoms with Crippen LogP contribution in [0.5, 0.6) is 0 Å². The van der Waals surface area contributed by atoms with Gasteiger partial charge in [-0.25, -0.2) is 0 Å². The van der Waals surface area contributed by atoms with Gasteiger partial charge in [-0.1, -0.05) is 26.8 Å². The van der Waals surface area contributed by atoms with E-state index in [1.807, 2.05) is 13.8 Å². The number of aliphatic hydroxyl groups is 1. The Bertz CT molecular complexity index is 449. The van der Waals surface area contributed by atoms with Crippen molar-refractivity contribution in [2.24, 2.45) is 5.92 Å². The lowest BCUT2D eigenvalue weighted by Crippen LogP contribution is -2.19. The average molecular weight is 321 g/mol. The van der Waals surface area contributed by atoms with Crippen molar-refractivity contribution in [2.75, 3.05) is 13.2 Å². The number of hydrogen-bond acceptors (Lipinski definition) is 3. The van der Waals surface area contributed by atoms with Crippen molar-refractivity contribution in [2.45, 2.75) is 43.6 Å². The number of thioether (sulfide) groups is 1. The molecule has 1 atom stereocenters. The molecule has 0 radical (unpaired) electrons. The van der Waals surface area contributed by atoms with Crippen LogP contribution in [-0.2, 0) is 12.7 Å². The summed E-state index contributed by atoms with van der Waals surface area (Å²) in [4.78, 5) is 0.164. The van der Waals surface area contributed by atoms with E-state index in [4.69, 9.17) is 5.11 Å². The van der Waals surface area contributed by atoms with E-state index in [-0.39, 0.29) is 16.8 Å². The molecular weight excluding hydrogens is 299 g/mol. The first-order valence-electron chi connectivity index (χ1n) is 6.92. The predicted molar refractivity (Wildman–Crippen MR) is 80.4 cm³/mol. The molecular formula is C15H22F3NOS. The second kappa shape index (κ2) is 8.06. The van der Waals surface area contributed by atoms with E-state index in [1.165, 1.54) is 12.1 Å². The normalized spacial score (nSPS) is 13.7. The molecule has 0 saturated heterocycles. The SMILES string of the molecule is CC(C)CNCc1ccc(SC(C)CO)c(C(F)(F)F)c1. The third-order valence-electron chi connectivity index (χ3n) is 2.82. The van der Waals surface area contributed by atoms with Gasteiger partial charge in [-0.15, -0.1) is 11.8 Å². The Morgan fingerprint density at radius 3 is 2.43 bits per heavy atom. The lowest BCUT2D eigenvalue weighted by Gasteiger charge is -2.17. The van der Waals surface area contributed by atoms with Crippen LogP contribution in [0.3, 0.4) is 0 Å². The first kappa shape index (κ1) is 18.3. The van der Waals surface area contributed by atoms with E-state index in [2.05, 4.69) is 5.32 Å². The van der Waals surface area contributed by atoms with Crippen LogP contribution < -0.4 is 5.32 Å².